The van der Waals surface area contributed by atoms with Gasteiger partial charge in [0.25, 0.3) is 5.89 Å². The first kappa shape index (κ1) is 14.6. The van der Waals surface area contributed by atoms with Crippen LogP contribution in [0, 0.1) is 0 Å². The van der Waals surface area contributed by atoms with Gasteiger partial charge in [0, 0.05) is 19.5 Å². The third-order valence-corrected chi connectivity index (χ3v) is 4.18. The van der Waals surface area contributed by atoms with Gasteiger partial charge in [0.15, 0.2) is 0 Å². The second-order valence-electron chi connectivity index (χ2n) is 4.28. The summed E-state index contributed by atoms with van der Waals surface area (Å²) >= 11 is 12.8. The Morgan fingerprint density at radius 3 is 2.71 bits per heavy atom. The van der Waals surface area contributed by atoms with E-state index < -0.39 is 0 Å². The summed E-state index contributed by atoms with van der Waals surface area (Å²) < 4.78 is 6.93. The average molecular weight is 429 g/mol. The van der Waals surface area contributed by atoms with Gasteiger partial charge in [-0.15, -0.1) is 0 Å². The van der Waals surface area contributed by atoms with Gasteiger partial charge >= 0.3 is 0 Å². The fraction of sp³-hybridized carbons (Fsp3) is 0. The highest BCUT2D eigenvalue weighted by Gasteiger charge is 2.15. The van der Waals surface area contributed by atoms with Gasteiger partial charge in [0.2, 0.25) is 5.82 Å². The second kappa shape index (κ2) is 5.79. The van der Waals surface area contributed by atoms with Crippen molar-refractivity contribution in [2.45, 2.75) is 0 Å². The molecule has 106 valence electrons. The number of anilines is 1. The van der Waals surface area contributed by atoms with Crippen LogP contribution in [0.3, 0.4) is 0 Å². The molecule has 3 rings (SSSR count). The lowest BCUT2D eigenvalue weighted by Gasteiger charge is -2.04. The number of nitrogen functional groups attached to an aromatic ring is 1. The largest absolute Gasteiger partial charge is 0.397 e. The number of aromatic nitrogens is 2. The maximum atomic E-state index is 6.04. The number of hydrogen-bond donors (Lipinski definition) is 1. The predicted molar refractivity (Wildman–Crippen MR) is 90.0 cm³/mol. The van der Waals surface area contributed by atoms with Crippen molar-refractivity contribution in [3.05, 3.63) is 50.4 Å². The van der Waals surface area contributed by atoms with Crippen LogP contribution >= 0.6 is 43.5 Å². The van der Waals surface area contributed by atoms with E-state index in [9.17, 15) is 0 Å². The minimum absolute atomic E-state index is 0.351. The summed E-state index contributed by atoms with van der Waals surface area (Å²) in [5.74, 6) is 0.812. The van der Waals surface area contributed by atoms with Gasteiger partial charge in [-0.2, -0.15) is 4.98 Å². The quantitative estimate of drug-likeness (QED) is 0.571. The summed E-state index contributed by atoms with van der Waals surface area (Å²) in [6.45, 7) is 0. The van der Waals surface area contributed by atoms with Gasteiger partial charge < -0.3 is 10.3 Å². The van der Waals surface area contributed by atoms with Crippen LogP contribution in [-0.2, 0) is 0 Å². The van der Waals surface area contributed by atoms with Crippen LogP contribution in [-0.4, -0.2) is 10.1 Å². The Labute approximate surface area is 142 Å². The van der Waals surface area contributed by atoms with E-state index in [-0.39, 0.29) is 0 Å². The molecule has 0 spiro atoms. The van der Waals surface area contributed by atoms with Gasteiger partial charge in [-0.25, -0.2) is 0 Å². The SMILES string of the molecule is Nc1c(Br)cc(Br)cc1-c1nc(-c2cccc(Cl)c2)no1. The normalized spacial score (nSPS) is 10.8. The van der Waals surface area contributed by atoms with Crippen molar-refractivity contribution in [3.63, 3.8) is 0 Å². The molecule has 4 nitrogen and oxygen atoms in total. The predicted octanol–water partition coefficient (Wildman–Crippen LogP) is 5.16. The minimum Gasteiger partial charge on any atom is -0.397 e. The summed E-state index contributed by atoms with van der Waals surface area (Å²) in [4.78, 5) is 4.38. The number of rotatable bonds is 2. The Kier molecular flexibility index (Phi) is 4.01. The first-order valence-corrected chi connectivity index (χ1v) is 7.85. The molecule has 3 aromatic rings. The lowest BCUT2D eigenvalue weighted by Crippen LogP contribution is -1.92. The van der Waals surface area contributed by atoms with Crippen LogP contribution in [0.25, 0.3) is 22.8 Å². The molecule has 1 heterocycles. The highest BCUT2D eigenvalue weighted by atomic mass is 79.9. The summed E-state index contributed by atoms with van der Waals surface area (Å²) in [6.07, 6.45) is 0. The Morgan fingerprint density at radius 2 is 1.95 bits per heavy atom. The van der Waals surface area contributed by atoms with Crippen molar-refractivity contribution < 1.29 is 4.52 Å². The molecule has 1 aromatic heterocycles. The third-order valence-electron chi connectivity index (χ3n) is 2.83. The smallest absolute Gasteiger partial charge is 0.260 e. The second-order valence-corrected chi connectivity index (χ2v) is 6.49. The first-order chi connectivity index (χ1) is 10.0. The molecular formula is C14H8Br2ClN3O. The van der Waals surface area contributed by atoms with Crippen LogP contribution in [0.1, 0.15) is 0 Å². The first-order valence-electron chi connectivity index (χ1n) is 5.89. The molecule has 21 heavy (non-hydrogen) atoms. The molecule has 0 unspecified atom stereocenters. The van der Waals surface area contributed by atoms with Crippen LogP contribution in [0.15, 0.2) is 49.9 Å². The molecule has 0 fully saturated rings. The molecule has 0 aliphatic carbocycles. The monoisotopic (exact) mass is 427 g/mol. The number of benzene rings is 2. The zero-order chi connectivity index (χ0) is 15.0. The minimum atomic E-state index is 0.351. The zero-order valence-corrected chi connectivity index (χ0v) is 14.4. The topological polar surface area (TPSA) is 64.9 Å². The fourth-order valence-electron chi connectivity index (χ4n) is 1.84. The third kappa shape index (κ3) is 2.97. The Morgan fingerprint density at radius 1 is 1.14 bits per heavy atom. The molecule has 0 aliphatic rings. The molecule has 7 heteroatoms. The Bertz CT molecular complexity index is 820. The molecule has 0 amide bonds. The van der Waals surface area contributed by atoms with Crippen LogP contribution in [0.4, 0.5) is 5.69 Å². The lowest BCUT2D eigenvalue weighted by atomic mass is 10.2. The van der Waals surface area contributed by atoms with Crippen molar-refractivity contribution in [1.29, 1.82) is 0 Å². The van der Waals surface area contributed by atoms with E-state index in [4.69, 9.17) is 21.9 Å². The maximum Gasteiger partial charge on any atom is 0.260 e. The standard InChI is InChI=1S/C14H8Br2ClN3O/c15-8-5-10(12(18)11(16)6-8)14-19-13(20-21-14)7-2-1-3-9(17)4-7/h1-6H,18H2. The van der Waals surface area contributed by atoms with Crippen LogP contribution in [0.2, 0.25) is 5.02 Å². The average Bonchev–Trinajstić information content (AvgIpc) is 2.92. The van der Waals surface area contributed by atoms with E-state index >= 15 is 0 Å². The molecule has 2 N–H and O–H groups in total. The van der Waals surface area contributed by atoms with Gasteiger partial charge in [-0.1, -0.05) is 44.8 Å². The van der Waals surface area contributed by atoms with Gasteiger partial charge in [-0.3, -0.25) is 0 Å². The van der Waals surface area contributed by atoms with Gasteiger partial charge in [-0.05, 0) is 40.2 Å². The number of halogens is 3. The lowest BCUT2D eigenvalue weighted by molar-refractivity contribution is 0.432. The van der Waals surface area contributed by atoms with E-state index in [1.165, 1.54) is 0 Å². The maximum absolute atomic E-state index is 6.04. The van der Waals surface area contributed by atoms with E-state index in [0.29, 0.717) is 28.0 Å². The van der Waals surface area contributed by atoms with Crippen molar-refractivity contribution in [2.75, 3.05) is 5.73 Å². The van der Waals surface area contributed by atoms with E-state index in [0.717, 1.165) is 14.5 Å². The molecule has 0 aliphatic heterocycles. The van der Waals surface area contributed by atoms with E-state index in [2.05, 4.69) is 42.0 Å². The molecule has 0 radical (unpaired) electrons. The van der Waals surface area contributed by atoms with Crippen molar-refractivity contribution in [3.8, 4) is 22.8 Å². The summed E-state index contributed by atoms with van der Waals surface area (Å²) in [5, 5.41) is 4.59. The van der Waals surface area contributed by atoms with Gasteiger partial charge in [0.05, 0.1) is 11.3 Å². The Balaban J connectivity index is 2.07. The summed E-state index contributed by atoms with van der Waals surface area (Å²) in [7, 11) is 0. The van der Waals surface area contributed by atoms with Crippen molar-refractivity contribution in [1.82, 2.24) is 10.1 Å². The van der Waals surface area contributed by atoms with Crippen molar-refractivity contribution in [2.24, 2.45) is 0 Å². The van der Waals surface area contributed by atoms with Crippen LogP contribution < -0.4 is 5.73 Å². The molecular weight excluding hydrogens is 421 g/mol. The number of nitrogens with zero attached hydrogens (tertiary/aromatic N) is 2. The van der Waals surface area contributed by atoms with Gasteiger partial charge in [0.1, 0.15) is 0 Å². The molecule has 2 aromatic carbocycles. The van der Waals surface area contributed by atoms with Crippen LogP contribution in [0.5, 0.6) is 0 Å². The Hall–Kier alpha value is -1.37. The molecule has 0 saturated carbocycles. The zero-order valence-electron chi connectivity index (χ0n) is 10.5. The van der Waals surface area contributed by atoms with Crippen molar-refractivity contribution >= 4 is 49.1 Å². The summed E-state index contributed by atoms with van der Waals surface area (Å²) in [6, 6.07) is 10.9. The van der Waals surface area contributed by atoms with E-state index in [1.54, 1.807) is 12.1 Å². The molecule has 0 saturated heterocycles. The highest BCUT2D eigenvalue weighted by molar-refractivity contribution is 9.11. The molecule has 0 bridgehead atoms. The summed E-state index contributed by atoms with van der Waals surface area (Å²) in [5.41, 5.74) is 8.03. The number of hydrogen-bond acceptors (Lipinski definition) is 4. The highest BCUT2D eigenvalue weighted by Crippen LogP contribution is 2.35. The fourth-order valence-corrected chi connectivity index (χ4v) is 3.25. The number of nitrogens with two attached hydrogens (primary N) is 1. The molecule has 0 atom stereocenters. The van der Waals surface area contributed by atoms with E-state index in [1.807, 2.05) is 24.3 Å².